The van der Waals surface area contributed by atoms with Crippen molar-refractivity contribution in [2.75, 3.05) is 7.11 Å². The van der Waals surface area contributed by atoms with Crippen LogP contribution in [0.15, 0.2) is 0 Å². The molecule has 2 atom stereocenters. The lowest BCUT2D eigenvalue weighted by Crippen LogP contribution is -2.38. The summed E-state index contributed by atoms with van der Waals surface area (Å²) in [5.74, 6) is -1.03. The first-order valence-corrected chi connectivity index (χ1v) is 3.91. The van der Waals surface area contributed by atoms with Crippen molar-refractivity contribution in [1.82, 2.24) is 0 Å². The minimum atomic E-state index is -1.44. The number of halogens is 1. The van der Waals surface area contributed by atoms with Crippen molar-refractivity contribution in [1.29, 1.82) is 0 Å². The lowest BCUT2D eigenvalue weighted by Gasteiger charge is -2.25. The predicted octanol–water partition coefficient (Wildman–Crippen LogP) is 0.867. The molecule has 0 aromatic carbocycles. The van der Waals surface area contributed by atoms with Gasteiger partial charge in [-0.25, -0.2) is 0 Å². The predicted molar refractivity (Wildman–Crippen MR) is 39.3 cm³/mol. The second-order valence-corrected chi connectivity index (χ2v) is 2.93. The first-order valence-electron chi connectivity index (χ1n) is 3.91. The molecular formula is C8H11FO3. The van der Waals surface area contributed by atoms with E-state index in [1.165, 1.54) is 7.11 Å². The third kappa shape index (κ3) is 1.69. The molecular weight excluding hydrogens is 163 g/mol. The molecule has 0 bridgehead atoms. The van der Waals surface area contributed by atoms with Gasteiger partial charge in [0.15, 0.2) is 5.78 Å². The van der Waals surface area contributed by atoms with Crippen LogP contribution < -0.4 is 0 Å². The highest BCUT2D eigenvalue weighted by Gasteiger charge is 2.36. The number of hydrogen-bond donors (Lipinski definition) is 0. The van der Waals surface area contributed by atoms with E-state index in [-0.39, 0.29) is 5.78 Å². The Kier molecular flexibility index (Phi) is 2.92. The normalized spacial score (nSPS) is 30.3. The number of ether oxygens (including phenoxy) is 1. The summed E-state index contributed by atoms with van der Waals surface area (Å²) in [6.45, 7) is 0. The van der Waals surface area contributed by atoms with E-state index in [2.05, 4.69) is 0 Å². The van der Waals surface area contributed by atoms with Crippen molar-refractivity contribution in [3.63, 3.8) is 0 Å². The quantitative estimate of drug-likeness (QED) is 0.583. The van der Waals surface area contributed by atoms with Gasteiger partial charge in [-0.1, -0.05) is 0 Å². The molecule has 0 saturated heterocycles. The van der Waals surface area contributed by atoms with Crippen molar-refractivity contribution >= 4 is 11.8 Å². The monoisotopic (exact) mass is 174 g/mol. The molecule has 0 heterocycles. The molecule has 4 heteroatoms. The Balaban J connectivity index is 2.70. The summed E-state index contributed by atoms with van der Waals surface area (Å²) in [6, 6.07) is -1.44. The van der Waals surface area contributed by atoms with Gasteiger partial charge in [-0.3, -0.25) is 9.59 Å². The topological polar surface area (TPSA) is 43.4 Å². The lowest BCUT2D eigenvalue weighted by molar-refractivity contribution is -0.149. The molecule has 12 heavy (non-hydrogen) atoms. The summed E-state index contributed by atoms with van der Waals surface area (Å²) in [7, 11) is 1.32. The second kappa shape index (κ2) is 3.76. The zero-order chi connectivity index (χ0) is 9.14. The number of ketones is 1. The van der Waals surface area contributed by atoms with Gasteiger partial charge in [-0.15, -0.1) is 0 Å². The molecule has 1 fully saturated rings. The van der Waals surface area contributed by atoms with Gasteiger partial charge in [0.2, 0.25) is 0 Å². The van der Waals surface area contributed by atoms with Crippen LogP contribution in [0, 0.1) is 5.92 Å². The molecule has 0 N–H and O–H groups in total. The summed E-state index contributed by atoms with van der Waals surface area (Å²) in [5, 5.41) is 0. The second-order valence-electron chi connectivity index (χ2n) is 2.93. The van der Waals surface area contributed by atoms with E-state index >= 15 is 0 Å². The maximum Gasteiger partial charge on any atom is 0.307 e. The summed E-state index contributed by atoms with van der Waals surface area (Å²) in [6.07, 6.45) is 0.539. The number of methoxy groups -OCH3 is 1. The lowest BCUT2D eigenvalue weighted by atomic mass is 9.86. The fourth-order valence-corrected chi connectivity index (χ4v) is 1.54. The molecule has 0 unspecified atom stereocenters. The fourth-order valence-electron chi connectivity index (χ4n) is 1.54. The zero-order valence-electron chi connectivity index (χ0n) is 6.88. The molecule has 0 spiro atoms. The number of rotatable bonds is 2. The first kappa shape index (κ1) is 9.32. The van der Waals surface area contributed by atoms with Gasteiger partial charge in [0.05, 0.1) is 5.92 Å². The van der Waals surface area contributed by atoms with E-state index in [1.54, 1.807) is 0 Å². The van der Waals surface area contributed by atoms with Crippen LogP contribution in [0.3, 0.4) is 0 Å². The molecule has 1 rings (SSSR count). The Morgan fingerprint density at radius 2 is 2.33 bits per heavy atom. The minimum absolute atomic E-state index is 0.167. The van der Waals surface area contributed by atoms with Crippen LogP contribution in [-0.2, 0) is 14.3 Å². The van der Waals surface area contributed by atoms with Gasteiger partial charge >= 0.3 is 6.04 Å². The highest BCUT2D eigenvalue weighted by molar-refractivity contribution is 5.89. The van der Waals surface area contributed by atoms with E-state index in [1.807, 2.05) is 0 Å². The van der Waals surface area contributed by atoms with Crippen molar-refractivity contribution in [2.45, 2.75) is 25.4 Å². The number of hydrogen-bond acceptors (Lipinski definition) is 3. The Morgan fingerprint density at radius 3 is 2.75 bits per heavy atom. The average molecular weight is 174 g/mol. The summed E-state index contributed by atoms with van der Waals surface area (Å²) >= 11 is 0. The standard InChI is InChI=1S/C8H11FO3/c1-12-7-5(8(9)11)3-2-4-6(7)10/h5,7H,2-4H2,1H3/t5-,7-/m0/s1. The molecule has 0 aromatic rings. The van der Waals surface area contributed by atoms with Gasteiger partial charge in [-0.2, -0.15) is 4.39 Å². The van der Waals surface area contributed by atoms with Gasteiger partial charge in [0, 0.05) is 13.5 Å². The summed E-state index contributed by atoms with van der Waals surface area (Å²) in [5.41, 5.74) is 0. The Bertz CT molecular complexity index is 202. The Morgan fingerprint density at radius 1 is 1.67 bits per heavy atom. The van der Waals surface area contributed by atoms with E-state index in [4.69, 9.17) is 4.74 Å². The van der Waals surface area contributed by atoms with E-state index in [0.717, 1.165) is 0 Å². The van der Waals surface area contributed by atoms with Crippen LogP contribution in [0.5, 0.6) is 0 Å². The molecule has 0 amide bonds. The van der Waals surface area contributed by atoms with Gasteiger partial charge in [0.25, 0.3) is 0 Å². The molecule has 1 aliphatic carbocycles. The third-order valence-electron chi connectivity index (χ3n) is 2.17. The van der Waals surface area contributed by atoms with Crippen molar-refractivity contribution < 1.29 is 18.7 Å². The largest absolute Gasteiger partial charge is 0.373 e. The van der Waals surface area contributed by atoms with Crippen molar-refractivity contribution in [2.24, 2.45) is 5.92 Å². The molecule has 0 radical (unpaired) electrons. The van der Waals surface area contributed by atoms with Crippen LogP contribution in [-0.4, -0.2) is 25.0 Å². The Labute approximate surface area is 69.9 Å². The average Bonchev–Trinajstić information content (AvgIpc) is 2.03. The van der Waals surface area contributed by atoms with Crippen LogP contribution >= 0.6 is 0 Å². The highest BCUT2D eigenvalue weighted by atomic mass is 19.1. The van der Waals surface area contributed by atoms with E-state index in [0.29, 0.717) is 19.3 Å². The zero-order valence-corrected chi connectivity index (χ0v) is 6.88. The molecule has 68 valence electrons. The third-order valence-corrected chi connectivity index (χ3v) is 2.17. The van der Waals surface area contributed by atoms with Gasteiger partial charge in [-0.05, 0) is 12.8 Å². The SMILES string of the molecule is CO[C@@H]1C(=O)CCC[C@@H]1C(=O)F. The first-order chi connectivity index (χ1) is 5.66. The number of Topliss-reactive ketones (excluding diaryl/α,β-unsaturated/α-hetero) is 1. The van der Waals surface area contributed by atoms with Crippen LogP contribution in [0.25, 0.3) is 0 Å². The van der Waals surface area contributed by atoms with Crippen LogP contribution in [0.2, 0.25) is 0 Å². The maximum atomic E-state index is 12.3. The molecule has 3 nitrogen and oxygen atoms in total. The van der Waals surface area contributed by atoms with Gasteiger partial charge < -0.3 is 4.74 Å². The van der Waals surface area contributed by atoms with E-state index < -0.39 is 18.1 Å². The minimum Gasteiger partial charge on any atom is -0.373 e. The van der Waals surface area contributed by atoms with Crippen LogP contribution in [0.4, 0.5) is 4.39 Å². The summed E-state index contributed by atoms with van der Waals surface area (Å²) in [4.78, 5) is 21.5. The van der Waals surface area contributed by atoms with Crippen molar-refractivity contribution in [3.8, 4) is 0 Å². The molecule has 1 aliphatic rings. The number of carbonyl (C=O) groups is 2. The molecule has 1 saturated carbocycles. The van der Waals surface area contributed by atoms with Crippen molar-refractivity contribution in [3.05, 3.63) is 0 Å². The van der Waals surface area contributed by atoms with E-state index in [9.17, 15) is 14.0 Å². The van der Waals surface area contributed by atoms with Gasteiger partial charge in [0.1, 0.15) is 6.10 Å². The fraction of sp³-hybridized carbons (Fsp3) is 0.750. The maximum absolute atomic E-state index is 12.3. The highest BCUT2D eigenvalue weighted by Crippen LogP contribution is 2.24. The summed E-state index contributed by atoms with van der Waals surface area (Å²) < 4.78 is 17.1. The number of carbonyl (C=O) groups excluding carboxylic acids is 2. The van der Waals surface area contributed by atoms with Crippen LogP contribution in [0.1, 0.15) is 19.3 Å². The molecule has 0 aromatic heterocycles. The molecule has 0 aliphatic heterocycles. The smallest absolute Gasteiger partial charge is 0.307 e. The Hall–Kier alpha value is -0.770.